The summed E-state index contributed by atoms with van der Waals surface area (Å²) >= 11 is 0. The largest absolute Gasteiger partial charge is 0.384 e. The zero-order chi connectivity index (χ0) is 23.6. The Morgan fingerprint density at radius 1 is 0.844 bits per heavy atom. The molecule has 0 spiro atoms. The van der Waals surface area contributed by atoms with E-state index in [0.717, 1.165) is 18.4 Å². The maximum Gasteiger partial charge on any atom is 0.0523 e. The zero-order valence-electron chi connectivity index (χ0n) is 22.6. The highest BCUT2D eigenvalue weighted by molar-refractivity contribution is 5.38. The van der Waals surface area contributed by atoms with Crippen molar-refractivity contribution in [1.29, 1.82) is 0 Å². The van der Waals surface area contributed by atoms with Crippen molar-refractivity contribution in [3.63, 3.8) is 0 Å². The van der Waals surface area contributed by atoms with Gasteiger partial charge in [0.2, 0.25) is 0 Å². The molecule has 3 aliphatic carbocycles. The lowest BCUT2D eigenvalue weighted by molar-refractivity contribution is 0.0478. The smallest absolute Gasteiger partial charge is 0.0523 e. The van der Waals surface area contributed by atoms with E-state index >= 15 is 0 Å². The zero-order valence-corrected chi connectivity index (χ0v) is 22.6. The van der Waals surface area contributed by atoms with Crippen LogP contribution in [0, 0.1) is 38.9 Å². The van der Waals surface area contributed by atoms with Gasteiger partial charge in [-0.05, 0) is 89.4 Å². The van der Waals surface area contributed by atoms with Gasteiger partial charge in [-0.3, -0.25) is 0 Å². The van der Waals surface area contributed by atoms with Crippen molar-refractivity contribution in [2.24, 2.45) is 38.9 Å². The van der Waals surface area contributed by atoms with Crippen LogP contribution >= 0.6 is 0 Å². The summed E-state index contributed by atoms with van der Waals surface area (Å²) in [6.45, 7) is 21.1. The van der Waals surface area contributed by atoms with Gasteiger partial charge in [0.1, 0.15) is 0 Å². The average Bonchev–Trinajstić information content (AvgIpc) is 3.58. The lowest BCUT2D eigenvalue weighted by atomic mass is 9.63. The summed E-state index contributed by atoms with van der Waals surface area (Å²) in [4.78, 5) is 0. The second-order valence-corrected chi connectivity index (χ2v) is 14.3. The van der Waals surface area contributed by atoms with Crippen LogP contribution in [0.1, 0.15) is 106 Å². The Morgan fingerprint density at radius 3 is 1.91 bits per heavy atom. The average molecular weight is 439 g/mol. The first kappa shape index (κ1) is 24.3. The topological polar surface area (TPSA) is 9.23 Å². The second kappa shape index (κ2) is 7.59. The monoisotopic (exact) mass is 438 g/mol. The summed E-state index contributed by atoms with van der Waals surface area (Å²) in [5.41, 5.74) is 3.96. The first-order chi connectivity index (χ1) is 14.8. The van der Waals surface area contributed by atoms with Crippen LogP contribution in [-0.2, 0) is 10.2 Å². The fourth-order valence-corrected chi connectivity index (χ4v) is 8.49. The third kappa shape index (κ3) is 3.60. The van der Waals surface area contributed by atoms with Gasteiger partial charge in [-0.15, -0.1) is 0 Å². The van der Waals surface area contributed by atoms with Gasteiger partial charge in [0, 0.05) is 12.5 Å². The Morgan fingerprint density at radius 2 is 1.44 bits per heavy atom. The van der Waals surface area contributed by atoms with E-state index < -0.39 is 0 Å². The molecule has 0 bridgehead atoms. The van der Waals surface area contributed by atoms with Crippen LogP contribution in [0.15, 0.2) is 30.3 Å². The number of ether oxygens (including phenoxy) is 1. The van der Waals surface area contributed by atoms with E-state index in [4.69, 9.17) is 4.74 Å². The summed E-state index contributed by atoms with van der Waals surface area (Å²) in [7, 11) is 1.88. The van der Waals surface area contributed by atoms with Crippen molar-refractivity contribution >= 4 is 0 Å². The Kier molecular flexibility index (Phi) is 5.77. The fraction of sp³-hybridized carbons (Fsp3) is 0.806. The van der Waals surface area contributed by atoms with Crippen LogP contribution < -0.4 is 0 Å². The van der Waals surface area contributed by atoms with Gasteiger partial charge in [-0.1, -0.05) is 85.7 Å². The predicted molar refractivity (Wildman–Crippen MR) is 137 cm³/mol. The van der Waals surface area contributed by atoms with E-state index in [1.54, 1.807) is 5.56 Å². The molecule has 1 aromatic carbocycles. The summed E-state index contributed by atoms with van der Waals surface area (Å²) in [5, 5.41) is 0. The van der Waals surface area contributed by atoms with Crippen molar-refractivity contribution in [3.8, 4) is 0 Å². The first-order valence-electron chi connectivity index (χ1n) is 13.4. The SMILES string of the molecule is CCC1(C(C)(C)C)CC1CC(C)(C)C1(c2ccccc2)CC1CC(C)(C)C1(COC)CC1. The Balaban J connectivity index is 1.59. The van der Waals surface area contributed by atoms with Gasteiger partial charge in [-0.2, -0.15) is 0 Å². The molecule has 0 aromatic heterocycles. The maximum absolute atomic E-state index is 5.69. The molecule has 0 heterocycles. The number of benzene rings is 1. The molecule has 0 amide bonds. The Hall–Kier alpha value is -0.820. The number of hydrogen-bond donors (Lipinski definition) is 0. The Labute approximate surface area is 199 Å². The molecule has 3 fully saturated rings. The molecule has 0 saturated heterocycles. The van der Waals surface area contributed by atoms with E-state index in [0.29, 0.717) is 32.5 Å². The molecule has 1 aromatic rings. The normalized spacial score (nSPS) is 33.8. The minimum atomic E-state index is 0.319. The van der Waals surface area contributed by atoms with Crippen molar-refractivity contribution in [2.75, 3.05) is 13.7 Å². The van der Waals surface area contributed by atoms with Crippen LogP contribution in [0.2, 0.25) is 0 Å². The molecule has 4 unspecified atom stereocenters. The lowest BCUT2D eigenvalue weighted by Gasteiger charge is -2.41. The molecular weight excluding hydrogens is 388 g/mol. The summed E-state index contributed by atoms with van der Waals surface area (Å²) in [5.74, 6) is 1.66. The van der Waals surface area contributed by atoms with Gasteiger partial charge < -0.3 is 4.74 Å². The molecule has 3 saturated carbocycles. The van der Waals surface area contributed by atoms with Crippen molar-refractivity contribution in [3.05, 3.63) is 35.9 Å². The van der Waals surface area contributed by atoms with E-state index in [1.807, 2.05) is 7.11 Å². The first-order valence-corrected chi connectivity index (χ1v) is 13.4. The number of methoxy groups -OCH3 is 1. The minimum absolute atomic E-state index is 0.319. The van der Waals surface area contributed by atoms with Crippen LogP contribution in [0.3, 0.4) is 0 Å². The molecule has 0 N–H and O–H groups in total. The highest BCUT2D eigenvalue weighted by Gasteiger charge is 2.69. The van der Waals surface area contributed by atoms with Gasteiger partial charge in [0.25, 0.3) is 0 Å². The molecule has 4 atom stereocenters. The molecule has 1 heteroatoms. The third-order valence-corrected chi connectivity index (χ3v) is 11.2. The highest BCUT2D eigenvalue weighted by atomic mass is 16.5. The highest BCUT2D eigenvalue weighted by Crippen LogP contribution is 2.75. The van der Waals surface area contributed by atoms with Gasteiger partial charge in [-0.25, -0.2) is 0 Å². The molecule has 0 aliphatic heterocycles. The van der Waals surface area contributed by atoms with Crippen molar-refractivity contribution in [2.45, 2.75) is 106 Å². The molecule has 32 heavy (non-hydrogen) atoms. The molecule has 180 valence electrons. The summed E-state index contributed by atoms with van der Waals surface area (Å²) in [6, 6.07) is 11.6. The van der Waals surface area contributed by atoms with Crippen molar-refractivity contribution < 1.29 is 4.74 Å². The number of rotatable bonds is 10. The van der Waals surface area contributed by atoms with Gasteiger partial charge in [0.05, 0.1) is 6.61 Å². The van der Waals surface area contributed by atoms with Crippen LogP contribution in [0.25, 0.3) is 0 Å². The third-order valence-electron chi connectivity index (χ3n) is 11.2. The van der Waals surface area contributed by atoms with Crippen LogP contribution in [-0.4, -0.2) is 13.7 Å². The standard InChI is InChI=1S/C31H50O/c1-10-30(26(2,3)4)20-24(30)18-28(7,8)31(23-14-12-11-13-15-23)21-25(31)19-27(5,6)29(16-17-29)22-32-9/h11-15,24-25H,10,16-22H2,1-9H3. The molecule has 1 nitrogen and oxygen atoms in total. The van der Waals surface area contributed by atoms with Crippen LogP contribution in [0.5, 0.6) is 0 Å². The second-order valence-electron chi connectivity index (χ2n) is 14.3. The number of hydrogen-bond acceptors (Lipinski definition) is 1. The van der Waals surface area contributed by atoms with E-state index in [9.17, 15) is 0 Å². The summed E-state index contributed by atoms with van der Waals surface area (Å²) < 4.78 is 5.69. The molecule has 3 aliphatic rings. The van der Waals surface area contributed by atoms with E-state index in [2.05, 4.69) is 85.7 Å². The molecular formula is C31H50O. The Bertz CT molecular complexity index is 809. The van der Waals surface area contributed by atoms with Gasteiger partial charge >= 0.3 is 0 Å². The maximum atomic E-state index is 5.69. The van der Waals surface area contributed by atoms with Crippen molar-refractivity contribution in [1.82, 2.24) is 0 Å². The lowest BCUT2D eigenvalue weighted by Crippen LogP contribution is -2.36. The fourth-order valence-electron chi connectivity index (χ4n) is 8.49. The molecule has 4 rings (SSSR count). The predicted octanol–water partition coefficient (Wildman–Crippen LogP) is 8.67. The van der Waals surface area contributed by atoms with E-state index in [1.165, 1.54) is 44.9 Å². The molecule has 0 radical (unpaired) electrons. The summed E-state index contributed by atoms with van der Waals surface area (Å²) in [6.07, 6.45) is 9.49. The quantitative estimate of drug-likeness (QED) is 0.355. The van der Waals surface area contributed by atoms with Crippen LogP contribution in [0.4, 0.5) is 0 Å². The van der Waals surface area contributed by atoms with Gasteiger partial charge in [0.15, 0.2) is 0 Å². The minimum Gasteiger partial charge on any atom is -0.384 e. The van der Waals surface area contributed by atoms with E-state index in [-0.39, 0.29) is 0 Å².